The van der Waals surface area contributed by atoms with Crippen LogP contribution in [0, 0.1) is 5.92 Å². The van der Waals surface area contributed by atoms with E-state index in [0.717, 1.165) is 18.5 Å². The highest BCUT2D eigenvalue weighted by molar-refractivity contribution is 9.10. The molecule has 0 radical (unpaired) electrons. The van der Waals surface area contributed by atoms with Crippen LogP contribution in [0.4, 0.5) is 5.69 Å². The van der Waals surface area contributed by atoms with E-state index < -0.39 is 0 Å². The van der Waals surface area contributed by atoms with E-state index in [0.29, 0.717) is 0 Å². The van der Waals surface area contributed by atoms with Gasteiger partial charge in [0.15, 0.2) is 0 Å². The highest BCUT2D eigenvalue weighted by Crippen LogP contribution is 2.28. The lowest BCUT2D eigenvalue weighted by atomic mass is 9.99. The molecule has 0 unspecified atom stereocenters. The maximum Gasteiger partial charge on any atom is 0.0377 e. The summed E-state index contributed by atoms with van der Waals surface area (Å²) >= 11 is 3.73. The monoisotopic (exact) mass is 322 g/mol. The van der Waals surface area contributed by atoms with Crippen LogP contribution < -0.4 is 10.2 Å². The summed E-state index contributed by atoms with van der Waals surface area (Å²) in [7, 11) is 0. The van der Waals surface area contributed by atoms with Crippen LogP contribution in [0.2, 0.25) is 0 Å². The van der Waals surface area contributed by atoms with Gasteiger partial charge in [-0.25, -0.2) is 0 Å². The van der Waals surface area contributed by atoms with Gasteiger partial charge in [0.2, 0.25) is 0 Å². The van der Waals surface area contributed by atoms with Crippen molar-refractivity contribution >= 4 is 21.6 Å². The van der Waals surface area contributed by atoms with E-state index in [1.54, 1.807) is 0 Å². The summed E-state index contributed by atoms with van der Waals surface area (Å²) in [6.45, 7) is 5.75. The van der Waals surface area contributed by atoms with Gasteiger partial charge in [0, 0.05) is 35.8 Å². The van der Waals surface area contributed by atoms with Crippen LogP contribution in [0.1, 0.15) is 38.2 Å². The van der Waals surface area contributed by atoms with Crippen molar-refractivity contribution in [2.45, 2.75) is 45.2 Å². The second-order valence-electron chi connectivity index (χ2n) is 6.10. The fourth-order valence-electron chi connectivity index (χ4n) is 2.68. The van der Waals surface area contributed by atoms with E-state index in [1.165, 1.54) is 54.5 Å². The van der Waals surface area contributed by atoms with E-state index in [2.05, 4.69) is 51.3 Å². The molecule has 1 saturated heterocycles. The van der Waals surface area contributed by atoms with Crippen molar-refractivity contribution in [1.82, 2.24) is 5.32 Å². The number of nitrogens with one attached hydrogen (secondary N) is 1. The summed E-state index contributed by atoms with van der Waals surface area (Å²) in [6, 6.07) is 7.62. The van der Waals surface area contributed by atoms with Crippen LogP contribution in [-0.2, 0) is 6.54 Å². The van der Waals surface area contributed by atoms with Gasteiger partial charge in [0.05, 0.1) is 0 Å². The number of piperidine rings is 1. The minimum Gasteiger partial charge on any atom is -0.371 e. The molecule has 2 aliphatic rings. The predicted octanol–water partition coefficient (Wildman–Crippen LogP) is 3.94. The van der Waals surface area contributed by atoms with Crippen molar-refractivity contribution in [1.29, 1.82) is 0 Å². The first kappa shape index (κ1) is 13.4. The molecule has 0 spiro atoms. The van der Waals surface area contributed by atoms with E-state index in [9.17, 15) is 0 Å². The van der Waals surface area contributed by atoms with Gasteiger partial charge < -0.3 is 10.2 Å². The van der Waals surface area contributed by atoms with Gasteiger partial charge in [-0.1, -0.05) is 28.9 Å². The largest absolute Gasteiger partial charge is 0.371 e. The van der Waals surface area contributed by atoms with Crippen molar-refractivity contribution in [2.75, 3.05) is 18.0 Å². The average Bonchev–Trinajstić information content (AvgIpc) is 3.22. The zero-order valence-electron chi connectivity index (χ0n) is 11.7. The molecular formula is C16H23BrN2. The maximum atomic E-state index is 3.73. The maximum absolute atomic E-state index is 3.73. The van der Waals surface area contributed by atoms with Gasteiger partial charge in [-0.15, -0.1) is 0 Å². The number of benzene rings is 1. The predicted molar refractivity (Wildman–Crippen MR) is 84.6 cm³/mol. The smallest absolute Gasteiger partial charge is 0.0377 e. The number of anilines is 1. The molecule has 3 rings (SSSR count). The second kappa shape index (κ2) is 5.84. The zero-order chi connectivity index (χ0) is 13.2. The first-order valence-corrected chi connectivity index (χ1v) is 8.28. The quantitative estimate of drug-likeness (QED) is 0.903. The van der Waals surface area contributed by atoms with Crippen LogP contribution in [0.15, 0.2) is 22.7 Å². The lowest BCUT2D eigenvalue weighted by Crippen LogP contribution is -2.32. The van der Waals surface area contributed by atoms with Gasteiger partial charge in [-0.3, -0.25) is 0 Å². The molecule has 2 nitrogen and oxygen atoms in total. The van der Waals surface area contributed by atoms with Crippen LogP contribution in [0.25, 0.3) is 0 Å². The molecule has 1 aliphatic carbocycles. The van der Waals surface area contributed by atoms with Gasteiger partial charge in [-0.05, 0) is 49.3 Å². The Morgan fingerprint density at radius 3 is 2.58 bits per heavy atom. The van der Waals surface area contributed by atoms with Crippen LogP contribution >= 0.6 is 15.9 Å². The Kier molecular flexibility index (Phi) is 4.13. The molecule has 0 atom stereocenters. The molecule has 2 fully saturated rings. The van der Waals surface area contributed by atoms with Gasteiger partial charge in [0.1, 0.15) is 0 Å². The third-order valence-corrected chi connectivity index (χ3v) is 5.08. The zero-order valence-corrected chi connectivity index (χ0v) is 13.2. The Labute approximate surface area is 124 Å². The lowest BCUT2D eigenvalue weighted by Gasteiger charge is -2.32. The molecule has 3 heteroatoms. The first-order valence-electron chi connectivity index (χ1n) is 7.49. The Morgan fingerprint density at radius 1 is 1.21 bits per heavy atom. The molecular weight excluding hydrogens is 300 g/mol. The third-order valence-electron chi connectivity index (χ3n) is 4.34. The second-order valence-corrected chi connectivity index (χ2v) is 6.95. The summed E-state index contributed by atoms with van der Waals surface area (Å²) in [6.07, 6.45) is 5.34. The molecule has 1 aliphatic heterocycles. The summed E-state index contributed by atoms with van der Waals surface area (Å²) in [5, 5.41) is 3.57. The van der Waals surface area contributed by atoms with Crippen molar-refractivity contribution in [3.63, 3.8) is 0 Å². The summed E-state index contributed by atoms with van der Waals surface area (Å²) < 4.78 is 1.25. The third kappa shape index (κ3) is 3.51. The molecule has 0 aromatic heterocycles. The molecule has 0 bridgehead atoms. The van der Waals surface area contributed by atoms with Crippen LogP contribution in [0.5, 0.6) is 0 Å². The number of rotatable bonds is 4. The molecule has 1 aromatic rings. The summed E-state index contributed by atoms with van der Waals surface area (Å²) in [5.41, 5.74) is 2.75. The number of hydrogen-bond acceptors (Lipinski definition) is 2. The van der Waals surface area contributed by atoms with Crippen molar-refractivity contribution in [3.8, 4) is 0 Å². The summed E-state index contributed by atoms with van der Waals surface area (Å²) in [4.78, 5) is 2.52. The molecule has 1 heterocycles. The standard InChI is InChI=1S/C16H23BrN2/c1-12-6-8-19(9-7-12)15-5-2-13(16(17)10-15)11-18-14-3-4-14/h2,5,10,12,14,18H,3-4,6-9,11H2,1H3. The Hall–Kier alpha value is -0.540. The molecule has 1 aromatic carbocycles. The van der Waals surface area contributed by atoms with E-state index in [4.69, 9.17) is 0 Å². The topological polar surface area (TPSA) is 15.3 Å². The van der Waals surface area contributed by atoms with Crippen LogP contribution in [0.3, 0.4) is 0 Å². The number of nitrogens with zero attached hydrogens (tertiary/aromatic N) is 1. The fourth-order valence-corrected chi connectivity index (χ4v) is 3.19. The Morgan fingerprint density at radius 2 is 1.95 bits per heavy atom. The fraction of sp³-hybridized carbons (Fsp3) is 0.625. The van der Waals surface area contributed by atoms with Gasteiger partial charge >= 0.3 is 0 Å². The summed E-state index contributed by atoms with van der Waals surface area (Å²) in [5.74, 6) is 0.890. The Bertz CT molecular complexity index is 434. The molecule has 104 valence electrons. The van der Waals surface area contributed by atoms with E-state index in [1.807, 2.05) is 0 Å². The van der Waals surface area contributed by atoms with Crippen molar-refractivity contribution < 1.29 is 0 Å². The first-order chi connectivity index (χ1) is 9.22. The highest BCUT2D eigenvalue weighted by Gasteiger charge is 2.21. The number of hydrogen-bond donors (Lipinski definition) is 1. The van der Waals surface area contributed by atoms with Gasteiger partial charge in [-0.2, -0.15) is 0 Å². The molecule has 1 N–H and O–H groups in total. The lowest BCUT2D eigenvalue weighted by molar-refractivity contribution is 0.438. The van der Waals surface area contributed by atoms with Crippen molar-refractivity contribution in [3.05, 3.63) is 28.2 Å². The minimum atomic E-state index is 0.773. The minimum absolute atomic E-state index is 0.773. The molecule has 1 saturated carbocycles. The van der Waals surface area contributed by atoms with E-state index in [-0.39, 0.29) is 0 Å². The highest BCUT2D eigenvalue weighted by atomic mass is 79.9. The SMILES string of the molecule is CC1CCN(c2ccc(CNC3CC3)c(Br)c2)CC1. The van der Waals surface area contributed by atoms with Gasteiger partial charge in [0.25, 0.3) is 0 Å². The number of halogens is 1. The molecule has 19 heavy (non-hydrogen) atoms. The Balaban J connectivity index is 1.64. The average molecular weight is 323 g/mol. The molecule has 0 amide bonds. The van der Waals surface area contributed by atoms with E-state index >= 15 is 0 Å². The van der Waals surface area contributed by atoms with Crippen molar-refractivity contribution in [2.24, 2.45) is 5.92 Å². The normalized spacial score (nSPS) is 20.8. The van der Waals surface area contributed by atoms with Crippen LogP contribution in [-0.4, -0.2) is 19.1 Å².